The van der Waals surface area contributed by atoms with Crippen LogP contribution in [0.5, 0.6) is 5.75 Å². The summed E-state index contributed by atoms with van der Waals surface area (Å²) >= 11 is 0. The van der Waals surface area contributed by atoms with Gasteiger partial charge in [-0.25, -0.2) is 4.79 Å². The van der Waals surface area contributed by atoms with Gasteiger partial charge in [-0.05, 0) is 44.2 Å². The second-order valence-electron chi connectivity index (χ2n) is 4.41. The van der Waals surface area contributed by atoms with Gasteiger partial charge in [0, 0.05) is 0 Å². The average Bonchev–Trinajstić information content (AvgIpc) is 2.37. The molecule has 0 radical (unpaired) electrons. The van der Waals surface area contributed by atoms with E-state index in [0.29, 0.717) is 16.9 Å². The summed E-state index contributed by atoms with van der Waals surface area (Å²) in [6, 6.07) is 14.1. The summed E-state index contributed by atoms with van der Waals surface area (Å²) in [6.07, 6.45) is 0. The first-order chi connectivity index (χ1) is 9.08. The molecule has 3 nitrogen and oxygen atoms in total. The molecule has 0 aliphatic rings. The number of carbonyl (C=O) groups is 1. The Labute approximate surface area is 112 Å². The molecule has 0 N–H and O–H groups in total. The lowest BCUT2D eigenvalue weighted by atomic mass is 10.1. The van der Waals surface area contributed by atoms with Gasteiger partial charge < -0.3 is 4.74 Å². The quantitative estimate of drug-likeness (QED) is 0.607. The van der Waals surface area contributed by atoms with E-state index in [1.165, 1.54) is 0 Å². The lowest BCUT2D eigenvalue weighted by molar-refractivity contribution is 0.0734. The lowest BCUT2D eigenvalue weighted by Gasteiger charge is -2.06. The van der Waals surface area contributed by atoms with Crippen LogP contribution < -0.4 is 4.74 Å². The Hall–Kier alpha value is -2.60. The Morgan fingerprint density at radius 2 is 1.79 bits per heavy atom. The second kappa shape index (κ2) is 5.36. The number of hydrogen-bond donors (Lipinski definition) is 0. The van der Waals surface area contributed by atoms with Crippen molar-refractivity contribution in [2.45, 2.75) is 13.8 Å². The fourth-order valence-corrected chi connectivity index (χ4v) is 1.89. The Balaban J connectivity index is 2.23. The number of ether oxygens (including phenoxy) is 1. The van der Waals surface area contributed by atoms with E-state index in [0.717, 1.165) is 11.1 Å². The molecule has 0 heterocycles. The van der Waals surface area contributed by atoms with Crippen LogP contribution in [0.15, 0.2) is 42.5 Å². The summed E-state index contributed by atoms with van der Waals surface area (Å²) in [7, 11) is 0. The van der Waals surface area contributed by atoms with Crippen LogP contribution in [0.2, 0.25) is 0 Å². The first-order valence-corrected chi connectivity index (χ1v) is 5.89. The molecule has 0 aliphatic carbocycles. The van der Waals surface area contributed by atoms with Crippen molar-refractivity contribution >= 4 is 5.97 Å². The van der Waals surface area contributed by atoms with Crippen LogP contribution in [0.25, 0.3) is 0 Å². The van der Waals surface area contributed by atoms with E-state index in [1.807, 2.05) is 26.0 Å². The SMILES string of the molecule is Cc1cc(C)cc(C(=O)Oc2cccc(C#N)c2)c1. The molecule has 0 atom stereocenters. The van der Waals surface area contributed by atoms with Crippen molar-refractivity contribution in [3.63, 3.8) is 0 Å². The highest BCUT2D eigenvalue weighted by molar-refractivity contribution is 5.91. The van der Waals surface area contributed by atoms with Crippen molar-refractivity contribution in [3.8, 4) is 11.8 Å². The van der Waals surface area contributed by atoms with Crippen molar-refractivity contribution in [2.24, 2.45) is 0 Å². The Kier molecular flexibility index (Phi) is 3.63. The van der Waals surface area contributed by atoms with Crippen LogP contribution in [-0.2, 0) is 0 Å². The topological polar surface area (TPSA) is 50.1 Å². The molecule has 2 rings (SSSR count). The van der Waals surface area contributed by atoms with Gasteiger partial charge in [-0.3, -0.25) is 0 Å². The number of benzene rings is 2. The van der Waals surface area contributed by atoms with E-state index >= 15 is 0 Å². The van der Waals surface area contributed by atoms with Gasteiger partial charge in [-0.15, -0.1) is 0 Å². The number of nitrogens with zero attached hydrogens (tertiary/aromatic N) is 1. The van der Waals surface area contributed by atoms with Gasteiger partial charge in [0.2, 0.25) is 0 Å². The molecule has 19 heavy (non-hydrogen) atoms. The highest BCUT2D eigenvalue weighted by Gasteiger charge is 2.09. The van der Waals surface area contributed by atoms with Crippen LogP contribution in [-0.4, -0.2) is 5.97 Å². The number of esters is 1. The fourth-order valence-electron chi connectivity index (χ4n) is 1.89. The summed E-state index contributed by atoms with van der Waals surface area (Å²) in [5.74, 6) is -0.0369. The van der Waals surface area contributed by atoms with Gasteiger partial charge in [0.25, 0.3) is 0 Å². The standard InChI is InChI=1S/C16H13NO2/c1-11-6-12(2)8-14(7-11)16(18)19-15-5-3-4-13(9-15)10-17/h3-9H,1-2H3. The van der Waals surface area contributed by atoms with Crippen LogP contribution in [0, 0.1) is 25.2 Å². The molecule has 0 fully saturated rings. The molecule has 0 amide bonds. The van der Waals surface area contributed by atoms with Crippen molar-refractivity contribution < 1.29 is 9.53 Å². The second-order valence-corrected chi connectivity index (χ2v) is 4.41. The highest BCUT2D eigenvalue weighted by atomic mass is 16.5. The van der Waals surface area contributed by atoms with E-state index in [2.05, 4.69) is 0 Å². The van der Waals surface area contributed by atoms with E-state index in [-0.39, 0.29) is 0 Å². The van der Waals surface area contributed by atoms with Gasteiger partial charge in [0.05, 0.1) is 17.2 Å². The zero-order valence-corrected chi connectivity index (χ0v) is 10.8. The summed E-state index contributed by atoms with van der Waals surface area (Å²) in [5, 5.41) is 8.80. The molecule has 0 bridgehead atoms. The number of rotatable bonds is 2. The molecule has 3 heteroatoms. The molecule has 0 saturated heterocycles. The van der Waals surface area contributed by atoms with E-state index in [4.69, 9.17) is 10.00 Å². The average molecular weight is 251 g/mol. The van der Waals surface area contributed by atoms with Crippen LogP contribution >= 0.6 is 0 Å². The van der Waals surface area contributed by atoms with E-state index < -0.39 is 5.97 Å². The first-order valence-electron chi connectivity index (χ1n) is 5.89. The fraction of sp³-hybridized carbons (Fsp3) is 0.125. The number of aryl methyl sites for hydroxylation is 2. The minimum Gasteiger partial charge on any atom is -0.423 e. The monoisotopic (exact) mass is 251 g/mol. The molecule has 0 spiro atoms. The van der Waals surface area contributed by atoms with Gasteiger partial charge in [0.1, 0.15) is 5.75 Å². The molecule has 2 aromatic rings. The van der Waals surface area contributed by atoms with E-state index in [9.17, 15) is 4.79 Å². The Bertz CT molecular complexity index is 648. The maximum atomic E-state index is 12.0. The third kappa shape index (κ3) is 3.20. The Morgan fingerprint density at radius 1 is 1.11 bits per heavy atom. The molecule has 0 aliphatic heterocycles. The van der Waals surface area contributed by atoms with Gasteiger partial charge in [-0.2, -0.15) is 5.26 Å². The zero-order chi connectivity index (χ0) is 13.8. The molecular formula is C16H13NO2. The summed E-state index contributed by atoms with van der Waals surface area (Å²) in [5.41, 5.74) is 3.00. The normalized spacial score (nSPS) is 9.74. The molecular weight excluding hydrogens is 238 g/mol. The van der Waals surface area contributed by atoms with Crippen LogP contribution in [0.1, 0.15) is 27.0 Å². The number of carbonyl (C=O) groups excluding carboxylic acids is 1. The molecule has 0 aromatic heterocycles. The lowest BCUT2D eigenvalue weighted by Crippen LogP contribution is -2.09. The number of nitriles is 1. The molecule has 0 saturated carbocycles. The summed E-state index contributed by atoms with van der Waals surface area (Å²) in [6.45, 7) is 3.86. The number of hydrogen-bond acceptors (Lipinski definition) is 3. The maximum absolute atomic E-state index is 12.0. The zero-order valence-electron chi connectivity index (χ0n) is 10.8. The minimum absolute atomic E-state index is 0.378. The van der Waals surface area contributed by atoms with E-state index in [1.54, 1.807) is 36.4 Å². The van der Waals surface area contributed by atoms with Crippen LogP contribution in [0.4, 0.5) is 0 Å². The summed E-state index contributed by atoms with van der Waals surface area (Å²) < 4.78 is 5.26. The predicted octanol–water partition coefficient (Wildman–Crippen LogP) is 3.39. The molecule has 94 valence electrons. The van der Waals surface area contributed by atoms with Crippen LogP contribution in [0.3, 0.4) is 0 Å². The molecule has 2 aromatic carbocycles. The van der Waals surface area contributed by atoms with Gasteiger partial charge in [0.15, 0.2) is 0 Å². The van der Waals surface area contributed by atoms with Crippen molar-refractivity contribution in [3.05, 3.63) is 64.7 Å². The smallest absolute Gasteiger partial charge is 0.343 e. The van der Waals surface area contributed by atoms with Gasteiger partial charge >= 0.3 is 5.97 Å². The minimum atomic E-state index is -0.415. The maximum Gasteiger partial charge on any atom is 0.343 e. The Morgan fingerprint density at radius 3 is 2.42 bits per heavy atom. The largest absolute Gasteiger partial charge is 0.423 e. The third-order valence-corrected chi connectivity index (χ3v) is 2.63. The van der Waals surface area contributed by atoms with Crippen molar-refractivity contribution in [1.29, 1.82) is 5.26 Å². The van der Waals surface area contributed by atoms with Crippen molar-refractivity contribution in [2.75, 3.05) is 0 Å². The van der Waals surface area contributed by atoms with Gasteiger partial charge in [-0.1, -0.05) is 23.3 Å². The molecule has 0 unspecified atom stereocenters. The first kappa shape index (κ1) is 12.8. The van der Waals surface area contributed by atoms with Crippen molar-refractivity contribution in [1.82, 2.24) is 0 Å². The predicted molar refractivity (Wildman–Crippen MR) is 72.0 cm³/mol. The summed E-state index contributed by atoms with van der Waals surface area (Å²) in [4.78, 5) is 12.0. The highest BCUT2D eigenvalue weighted by Crippen LogP contribution is 2.16. The third-order valence-electron chi connectivity index (χ3n) is 2.63.